The van der Waals surface area contributed by atoms with Gasteiger partial charge in [0.1, 0.15) is 0 Å². The molecule has 64 valence electrons. The molecule has 0 aromatic rings. The second-order valence-electron chi connectivity index (χ2n) is 2.66. The highest BCUT2D eigenvalue weighted by atomic mass is 15.3. The highest BCUT2D eigenvalue weighted by Crippen LogP contribution is 1.82. The molecule has 0 atom stereocenters. The van der Waals surface area contributed by atoms with Crippen LogP contribution in [0.25, 0.3) is 0 Å². The molecule has 1 heterocycles. The average molecular weight is 156 g/mol. The molecule has 0 amide bonds. The van der Waals surface area contributed by atoms with E-state index in [9.17, 15) is 0 Å². The van der Waals surface area contributed by atoms with E-state index in [2.05, 4.69) is 34.5 Å². The molecule has 0 unspecified atom stereocenters. The predicted molar refractivity (Wildman–Crippen MR) is 46.6 cm³/mol. The van der Waals surface area contributed by atoms with E-state index in [0.717, 1.165) is 32.3 Å². The van der Waals surface area contributed by atoms with Crippen LogP contribution in [0.1, 0.15) is 6.92 Å². The van der Waals surface area contributed by atoms with Crippen LogP contribution in [0.5, 0.6) is 0 Å². The zero-order valence-electron chi connectivity index (χ0n) is 7.22. The third-order valence-electron chi connectivity index (χ3n) is 1.73. The molecule has 1 aliphatic rings. The van der Waals surface area contributed by atoms with Crippen molar-refractivity contribution in [1.29, 1.82) is 0 Å². The molecule has 4 heteroatoms. The van der Waals surface area contributed by atoms with Crippen molar-refractivity contribution in [2.24, 2.45) is 4.99 Å². The lowest BCUT2D eigenvalue weighted by atomic mass is 10.6. The van der Waals surface area contributed by atoms with E-state index >= 15 is 0 Å². The van der Waals surface area contributed by atoms with Gasteiger partial charge in [-0.15, -0.1) is 0 Å². The molecular weight excluding hydrogens is 140 g/mol. The van der Waals surface area contributed by atoms with E-state index < -0.39 is 0 Å². The van der Waals surface area contributed by atoms with Crippen LogP contribution in [0.4, 0.5) is 0 Å². The first-order chi connectivity index (χ1) is 5.33. The summed E-state index contributed by atoms with van der Waals surface area (Å²) >= 11 is 0. The summed E-state index contributed by atoms with van der Waals surface area (Å²) in [4.78, 5) is 6.39. The monoisotopic (exact) mass is 156 g/mol. The van der Waals surface area contributed by atoms with Gasteiger partial charge in [-0.25, -0.2) is 0 Å². The zero-order chi connectivity index (χ0) is 8.10. The first-order valence-corrected chi connectivity index (χ1v) is 4.03. The summed E-state index contributed by atoms with van der Waals surface area (Å²) in [5.74, 6) is 0.935. The fourth-order valence-electron chi connectivity index (χ4n) is 0.838. The summed E-state index contributed by atoms with van der Waals surface area (Å²) in [6.07, 6.45) is 0. The number of guanidine groups is 1. The smallest absolute Gasteiger partial charge is 0.192 e. The van der Waals surface area contributed by atoms with Crippen LogP contribution in [0, 0.1) is 0 Å². The van der Waals surface area contributed by atoms with E-state index in [1.165, 1.54) is 0 Å². The molecule has 0 spiro atoms. The SMILES string of the molecule is CCN(C)CNC1=NCCN1. The minimum atomic E-state index is 0.863. The van der Waals surface area contributed by atoms with Crippen LogP contribution in [-0.4, -0.2) is 44.2 Å². The van der Waals surface area contributed by atoms with Crippen LogP contribution in [0.2, 0.25) is 0 Å². The predicted octanol–water partition coefficient (Wildman–Crippen LogP) is -0.556. The molecule has 0 fully saturated rings. The Morgan fingerprint density at radius 2 is 2.55 bits per heavy atom. The van der Waals surface area contributed by atoms with Gasteiger partial charge < -0.3 is 10.6 Å². The average Bonchev–Trinajstić information content (AvgIpc) is 2.52. The van der Waals surface area contributed by atoms with Gasteiger partial charge in [0.2, 0.25) is 0 Å². The molecule has 0 aromatic heterocycles. The topological polar surface area (TPSA) is 39.7 Å². The Labute approximate surface area is 67.7 Å². The molecule has 1 aliphatic heterocycles. The maximum atomic E-state index is 4.21. The maximum Gasteiger partial charge on any atom is 0.192 e. The van der Waals surface area contributed by atoms with Crippen molar-refractivity contribution < 1.29 is 0 Å². The summed E-state index contributed by atoms with van der Waals surface area (Å²) < 4.78 is 0. The molecule has 2 N–H and O–H groups in total. The summed E-state index contributed by atoms with van der Waals surface area (Å²) in [7, 11) is 2.07. The standard InChI is InChI=1S/C7H16N4/c1-3-11(2)6-10-7-8-4-5-9-7/h3-6H2,1-2H3,(H2,8,9,10). The lowest BCUT2D eigenvalue weighted by Crippen LogP contribution is -2.40. The van der Waals surface area contributed by atoms with E-state index in [4.69, 9.17) is 0 Å². The molecule has 0 bridgehead atoms. The van der Waals surface area contributed by atoms with Crippen LogP contribution in [0.3, 0.4) is 0 Å². The molecule has 4 nitrogen and oxygen atoms in total. The second-order valence-corrected chi connectivity index (χ2v) is 2.66. The molecule has 0 aromatic carbocycles. The zero-order valence-corrected chi connectivity index (χ0v) is 7.22. The first kappa shape index (κ1) is 8.33. The van der Waals surface area contributed by atoms with Crippen molar-refractivity contribution in [2.75, 3.05) is 33.4 Å². The quantitative estimate of drug-likeness (QED) is 0.538. The van der Waals surface area contributed by atoms with E-state index in [1.807, 2.05) is 0 Å². The minimum Gasteiger partial charge on any atom is -0.355 e. The van der Waals surface area contributed by atoms with Crippen molar-refractivity contribution in [3.05, 3.63) is 0 Å². The number of nitrogens with one attached hydrogen (secondary N) is 2. The largest absolute Gasteiger partial charge is 0.355 e. The van der Waals surface area contributed by atoms with Crippen molar-refractivity contribution in [1.82, 2.24) is 15.5 Å². The van der Waals surface area contributed by atoms with Crippen LogP contribution < -0.4 is 10.6 Å². The number of rotatable bonds is 3. The fourth-order valence-corrected chi connectivity index (χ4v) is 0.838. The Bertz CT molecular complexity index is 143. The summed E-state index contributed by atoms with van der Waals surface area (Å²) in [6, 6.07) is 0. The summed E-state index contributed by atoms with van der Waals surface area (Å²) in [5.41, 5.74) is 0. The van der Waals surface area contributed by atoms with Gasteiger partial charge >= 0.3 is 0 Å². The molecule has 0 aliphatic carbocycles. The molecule has 0 radical (unpaired) electrons. The number of hydrogen-bond donors (Lipinski definition) is 2. The minimum absolute atomic E-state index is 0.863. The number of aliphatic imine (C=N–C) groups is 1. The molecule has 0 saturated carbocycles. The van der Waals surface area contributed by atoms with Crippen molar-refractivity contribution in [3.8, 4) is 0 Å². The van der Waals surface area contributed by atoms with E-state index in [1.54, 1.807) is 0 Å². The van der Waals surface area contributed by atoms with Crippen molar-refractivity contribution in [2.45, 2.75) is 6.92 Å². The van der Waals surface area contributed by atoms with Gasteiger partial charge in [0, 0.05) is 6.54 Å². The van der Waals surface area contributed by atoms with Crippen LogP contribution >= 0.6 is 0 Å². The van der Waals surface area contributed by atoms with Gasteiger partial charge in [0.15, 0.2) is 5.96 Å². The Balaban J connectivity index is 2.11. The Morgan fingerprint density at radius 3 is 3.09 bits per heavy atom. The van der Waals surface area contributed by atoms with Crippen molar-refractivity contribution in [3.63, 3.8) is 0 Å². The highest BCUT2D eigenvalue weighted by Gasteiger charge is 2.03. The Morgan fingerprint density at radius 1 is 1.73 bits per heavy atom. The Hall–Kier alpha value is -0.770. The van der Waals surface area contributed by atoms with Crippen LogP contribution in [-0.2, 0) is 0 Å². The van der Waals surface area contributed by atoms with Gasteiger partial charge in [0.25, 0.3) is 0 Å². The van der Waals surface area contributed by atoms with Crippen LogP contribution in [0.15, 0.2) is 4.99 Å². The maximum absolute atomic E-state index is 4.21. The van der Waals surface area contributed by atoms with Gasteiger partial charge in [-0.05, 0) is 13.6 Å². The van der Waals surface area contributed by atoms with Gasteiger partial charge in [-0.2, -0.15) is 0 Å². The van der Waals surface area contributed by atoms with Gasteiger partial charge in [-0.1, -0.05) is 6.92 Å². The van der Waals surface area contributed by atoms with Gasteiger partial charge in [-0.3, -0.25) is 9.89 Å². The summed E-state index contributed by atoms with van der Waals surface area (Å²) in [6.45, 7) is 5.92. The second kappa shape index (κ2) is 4.18. The molecular formula is C7H16N4. The summed E-state index contributed by atoms with van der Waals surface area (Å²) in [5, 5.41) is 6.35. The number of nitrogens with zero attached hydrogens (tertiary/aromatic N) is 2. The van der Waals surface area contributed by atoms with Gasteiger partial charge in [0.05, 0.1) is 13.2 Å². The highest BCUT2D eigenvalue weighted by molar-refractivity contribution is 5.81. The molecule has 1 rings (SSSR count). The van der Waals surface area contributed by atoms with E-state index in [-0.39, 0.29) is 0 Å². The lowest BCUT2D eigenvalue weighted by molar-refractivity contribution is 0.345. The molecule has 11 heavy (non-hydrogen) atoms. The first-order valence-electron chi connectivity index (χ1n) is 4.03. The van der Waals surface area contributed by atoms with E-state index in [0.29, 0.717) is 0 Å². The fraction of sp³-hybridized carbons (Fsp3) is 0.857. The Kier molecular flexibility index (Phi) is 3.16. The third-order valence-corrected chi connectivity index (χ3v) is 1.73. The number of hydrogen-bond acceptors (Lipinski definition) is 4. The lowest BCUT2D eigenvalue weighted by Gasteiger charge is -2.15. The van der Waals surface area contributed by atoms with Crippen molar-refractivity contribution >= 4 is 5.96 Å². The molecule has 0 saturated heterocycles. The normalized spacial score (nSPS) is 16.5. The third kappa shape index (κ3) is 2.76.